The Labute approximate surface area is 84.6 Å². The third-order valence-electron chi connectivity index (χ3n) is 1.44. The van der Waals surface area contributed by atoms with Crippen molar-refractivity contribution < 1.29 is 23.4 Å². The zero-order valence-electron chi connectivity index (χ0n) is 7.61. The summed E-state index contributed by atoms with van der Waals surface area (Å²) in [5.41, 5.74) is 0. The van der Waals surface area contributed by atoms with Crippen LogP contribution in [-0.4, -0.2) is 17.7 Å². The van der Waals surface area contributed by atoms with Crippen molar-refractivity contribution in [2.45, 2.75) is 0 Å². The summed E-state index contributed by atoms with van der Waals surface area (Å²) >= 11 is 0. The van der Waals surface area contributed by atoms with E-state index in [0.717, 1.165) is 24.3 Å². The Morgan fingerprint density at radius 3 is 2.47 bits per heavy atom. The minimum absolute atomic E-state index is 0.0162. The second kappa shape index (κ2) is 5.09. The van der Waals surface area contributed by atoms with Gasteiger partial charge in [-0.2, -0.15) is 0 Å². The molecule has 5 heteroatoms. The summed E-state index contributed by atoms with van der Waals surface area (Å²) in [6.07, 6.45) is 2.11. The number of carbonyl (C=O) groups is 1. The highest BCUT2D eigenvalue weighted by atomic mass is 19.1. The van der Waals surface area contributed by atoms with E-state index in [9.17, 15) is 13.6 Å². The first-order chi connectivity index (χ1) is 7.08. The molecule has 0 aliphatic carbocycles. The summed E-state index contributed by atoms with van der Waals surface area (Å²) in [5, 5.41) is 8.24. The molecule has 0 atom stereocenters. The van der Waals surface area contributed by atoms with E-state index in [2.05, 4.69) is 0 Å². The van der Waals surface area contributed by atoms with E-state index in [4.69, 9.17) is 9.84 Å². The Kier molecular flexibility index (Phi) is 3.79. The summed E-state index contributed by atoms with van der Waals surface area (Å²) in [7, 11) is 0. The maximum atomic E-state index is 12.6. The predicted octanol–water partition coefficient (Wildman–Crippen LogP) is 1.98. The van der Waals surface area contributed by atoms with Crippen LogP contribution < -0.4 is 4.74 Å². The molecule has 3 nitrogen and oxygen atoms in total. The van der Waals surface area contributed by atoms with Gasteiger partial charge in [0.2, 0.25) is 0 Å². The van der Waals surface area contributed by atoms with Crippen LogP contribution in [0.5, 0.6) is 5.75 Å². The maximum Gasteiger partial charge on any atom is 0.328 e. The van der Waals surface area contributed by atoms with E-state index in [0.29, 0.717) is 0 Å². The van der Waals surface area contributed by atoms with Gasteiger partial charge in [-0.25, -0.2) is 13.6 Å². The molecular formula is C10H8F2O3. The molecule has 0 aromatic heterocycles. The lowest BCUT2D eigenvalue weighted by Gasteiger charge is -2.02. The number of hydrogen-bond acceptors (Lipinski definition) is 2. The molecule has 1 N–H and O–H groups in total. The van der Waals surface area contributed by atoms with Crippen molar-refractivity contribution >= 4 is 5.97 Å². The molecule has 0 aliphatic heterocycles. The Morgan fingerprint density at radius 1 is 1.33 bits per heavy atom. The molecule has 0 unspecified atom stereocenters. The molecule has 1 aromatic rings. The number of carboxylic acid groups (broad SMARTS) is 1. The summed E-state index contributed by atoms with van der Waals surface area (Å²) in [6, 6.07) is 2.75. The molecule has 15 heavy (non-hydrogen) atoms. The van der Waals surface area contributed by atoms with Gasteiger partial charge < -0.3 is 9.84 Å². The van der Waals surface area contributed by atoms with Crippen LogP contribution >= 0.6 is 0 Å². The summed E-state index contributed by atoms with van der Waals surface area (Å²) in [5.74, 6) is -2.58. The SMILES string of the molecule is O=C(O)C=CCOc1cc(F)cc(F)c1. The summed E-state index contributed by atoms with van der Waals surface area (Å²) in [4.78, 5) is 10.1. The second-order valence-corrected chi connectivity index (χ2v) is 2.66. The standard InChI is InChI=1S/C10H8F2O3/c11-7-4-8(12)6-9(5-7)15-3-1-2-10(13)14/h1-2,4-6H,3H2,(H,13,14). The topological polar surface area (TPSA) is 46.5 Å². The predicted molar refractivity (Wildman–Crippen MR) is 48.6 cm³/mol. The van der Waals surface area contributed by atoms with Crippen LogP contribution in [0.4, 0.5) is 8.78 Å². The molecule has 0 aliphatic rings. The molecule has 0 amide bonds. The van der Waals surface area contributed by atoms with Crippen molar-refractivity contribution in [2.24, 2.45) is 0 Å². The van der Waals surface area contributed by atoms with E-state index in [1.165, 1.54) is 6.08 Å². The minimum Gasteiger partial charge on any atom is -0.489 e. The van der Waals surface area contributed by atoms with Crippen molar-refractivity contribution in [1.82, 2.24) is 0 Å². The first-order valence-electron chi connectivity index (χ1n) is 4.06. The lowest BCUT2D eigenvalue weighted by Crippen LogP contribution is -1.96. The lowest BCUT2D eigenvalue weighted by molar-refractivity contribution is -0.131. The summed E-state index contributed by atoms with van der Waals surface area (Å²) < 4.78 is 30.2. The van der Waals surface area contributed by atoms with Gasteiger partial charge in [0.05, 0.1) is 0 Å². The van der Waals surface area contributed by atoms with Crippen molar-refractivity contribution in [2.75, 3.05) is 6.61 Å². The van der Waals surface area contributed by atoms with E-state index in [1.807, 2.05) is 0 Å². The Hall–Kier alpha value is -1.91. The molecule has 1 rings (SSSR count). The Bertz CT molecular complexity index is 368. The number of rotatable bonds is 4. The van der Waals surface area contributed by atoms with Gasteiger partial charge >= 0.3 is 5.97 Å². The number of benzene rings is 1. The number of ether oxygens (including phenoxy) is 1. The Morgan fingerprint density at radius 2 is 1.93 bits per heavy atom. The highest BCUT2D eigenvalue weighted by Crippen LogP contribution is 2.14. The largest absolute Gasteiger partial charge is 0.489 e. The quantitative estimate of drug-likeness (QED) is 0.779. The highest BCUT2D eigenvalue weighted by molar-refractivity contribution is 5.79. The average molecular weight is 214 g/mol. The number of halogens is 2. The first-order valence-corrected chi connectivity index (χ1v) is 4.06. The monoisotopic (exact) mass is 214 g/mol. The van der Waals surface area contributed by atoms with Gasteiger partial charge in [-0.05, 0) is 6.08 Å². The van der Waals surface area contributed by atoms with Gasteiger partial charge in [-0.3, -0.25) is 0 Å². The summed E-state index contributed by atoms with van der Waals surface area (Å²) in [6.45, 7) is -0.0603. The van der Waals surface area contributed by atoms with Gasteiger partial charge in [0, 0.05) is 24.3 Å². The number of carboxylic acids is 1. The molecule has 1 aromatic carbocycles. The molecule has 0 radical (unpaired) electrons. The zero-order chi connectivity index (χ0) is 11.3. The fourth-order valence-corrected chi connectivity index (χ4v) is 0.905. The van der Waals surface area contributed by atoms with Gasteiger partial charge in [0.25, 0.3) is 0 Å². The van der Waals surface area contributed by atoms with Crippen molar-refractivity contribution in [3.63, 3.8) is 0 Å². The Balaban J connectivity index is 2.54. The van der Waals surface area contributed by atoms with Crippen LogP contribution in [0.1, 0.15) is 0 Å². The fraction of sp³-hybridized carbons (Fsp3) is 0.100. The molecule has 0 bridgehead atoms. The molecule has 0 saturated carbocycles. The van der Waals surface area contributed by atoms with Gasteiger partial charge in [-0.15, -0.1) is 0 Å². The van der Waals surface area contributed by atoms with Crippen LogP contribution in [-0.2, 0) is 4.79 Å². The fourth-order valence-electron chi connectivity index (χ4n) is 0.905. The van der Waals surface area contributed by atoms with Crippen molar-refractivity contribution in [1.29, 1.82) is 0 Å². The van der Waals surface area contributed by atoms with E-state index in [-0.39, 0.29) is 12.4 Å². The van der Waals surface area contributed by atoms with Gasteiger partial charge in [0.15, 0.2) is 0 Å². The molecular weight excluding hydrogens is 206 g/mol. The van der Waals surface area contributed by atoms with Crippen LogP contribution in [0.15, 0.2) is 30.4 Å². The van der Waals surface area contributed by atoms with Crippen LogP contribution in [0.3, 0.4) is 0 Å². The van der Waals surface area contributed by atoms with E-state index < -0.39 is 17.6 Å². The van der Waals surface area contributed by atoms with Gasteiger partial charge in [0.1, 0.15) is 24.0 Å². The lowest BCUT2D eigenvalue weighted by atomic mass is 10.3. The van der Waals surface area contributed by atoms with Crippen molar-refractivity contribution in [3.05, 3.63) is 42.0 Å². The molecule has 0 spiro atoms. The zero-order valence-corrected chi connectivity index (χ0v) is 7.61. The highest BCUT2D eigenvalue weighted by Gasteiger charge is 2.00. The molecule has 0 heterocycles. The number of hydrogen-bond donors (Lipinski definition) is 1. The van der Waals surface area contributed by atoms with E-state index >= 15 is 0 Å². The number of aliphatic carboxylic acids is 1. The van der Waals surface area contributed by atoms with Crippen LogP contribution in [0, 0.1) is 11.6 Å². The average Bonchev–Trinajstić information content (AvgIpc) is 2.10. The van der Waals surface area contributed by atoms with E-state index in [1.54, 1.807) is 0 Å². The van der Waals surface area contributed by atoms with Crippen LogP contribution in [0.2, 0.25) is 0 Å². The first kappa shape index (κ1) is 11.2. The third-order valence-corrected chi connectivity index (χ3v) is 1.44. The van der Waals surface area contributed by atoms with Gasteiger partial charge in [-0.1, -0.05) is 0 Å². The smallest absolute Gasteiger partial charge is 0.328 e. The normalized spacial score (nSPS) is 10.5. The molecule has 0 fully saturated rings. The molecule has 80 valence electrons. The minimum atomic E-state index is -1.11. The van der Waals surface area contributed by atoms with Crippen LogP contribution in [0.25, 0.3) is 0 Å². The third kappa shape index (κ3) is 4.21. The van der Waals surface area contributed by atoms with Crippen molar-refractivity contribution in [3.8, 4) is 5.75 Å². The molecule has 0 saturated heterocycles. The second-order valence-electron chi connectivity index (χ2n) is 2.66. The maximum absolute atomic E-state index is 12.6.